The number of aliphatic carboxylic acids is 1. The SMILES string of the molecule is CC(C)(CCCCCc1cccc(CCCCCC(C)(C)C(=O)O)c1O)OC=O. The highest BCUT2D eigenvalue weighted by Gasteiger charge is 2.26. The Kier molecular flexibility index (Phi) is 10.2. The summed E-state index contributed by atoms with van der Waals surface area (Å²) in [7, 11) is 0. The van der Waals surface area contributed by atoms with E-state index in [2.05, 4.69) is 0 Å². The quantitative estimate of drug-likeness (QED) is 0.290. The zero-order valence-electron chi connectivity index (χ0n) is 18.5. The van der Waals surface area contributed by atoms with Crippen LogP contribution in [0.4, 0.5) is 0 Å². The van der Waals surface area contributed by atoms with Crippen LogP contribution < -0.4 is 0 Å². The average Bonchev–Trinajstić information content (AvgIpc) is 2.63. The number of carboxylic acids is 1. The van der Waals surface area contributed by atoms with Crippen LogP contribution in [0.5, 0.6) is 5.75 Å². The van der Waals surface area contributed by atoms with Crippen LogP contribution in [0.25, 0.3) is 0 Å². The van der Waals surface area contributed by atoms with Gasteiger partial charge in [-0.05, 0) is 83.8 Å². The van der Waals surface area contributed by atoms with Crippen molar-refractivity contribution in [3.8, 4) is 5.75 Å². The Labute approximate surface area is 175 Å². The summed E-state index contributed by atoms with van der Waals surface area (Å²) in [6, 6.07) is 5.95. The lowest BCUT2D eigenvalue weighted by atomic mass is 9.87. The lowest BCUT2D eigenvalue weighted by molar-refractivity contribution is -0.147. The summed E-state index contributed by atoms with van der Waals surface area (Å²) in [6.07, 6.45) is 8.91. The molecule has 0 aromatic heterocycles. The van der Waals surface area contributed by atoms with Gasteiger partial charge in [0.15, 0.2) is 0 Å². The average molecular weight is 407 g/mol. The highest BCUT2D eigenvalue weighted by Crippen LogP contribution is 2.28. The molecule has 1 aromatic rings. The molecule has 1 aromatic carbocycles. The van der Waals surface area contributed by atoms with E-state index in [4.69, 9.17) is 9.84 Å². The zero-order chi connectivity index (χ0) is 21.9. The molecule has 2 N–H and O–H groups in total. The normalized spacial score (nSPS) is 12.0. The highest BCUT2D eigenvalue weighted by atomic mass is 16.5. The fourth-order valence-corrected chi connectivity index (χ4v) is 3.45. The number of aromatic hydroxyl groups is 1. The van der Waals surface area contributed by atoms with Crippen molar-refractivity contribution < 1.29 is 24.5 Å². The summed E-state index contributed by atoms with van der Waals surface area (Å²) in [6.45, 7) is 7.87. The Morgan fingerprint density at radius 2 is 1.45 bits per heavy atom. The molecule has 0 aliphatic heterocycles. The first-order valence-corrected chi connectivity index (χ1v) is 10.7. The second-order valence-electron chi connectivity index (χ2n) is 9.21. The molecule has 0 bridgehead atoms. The van der Waals surface area contributed by atoms with Gasteiger partial charge in [-0.1, -0.05) is 37.5 Å². The summed E-state index contributed by atoms with van der Waals surface area (Å²) < 4.78 is 5.06. The molecule has 0 amide bonds. The van der Waals surface area contributed by atoms with Crippen molar-refractivity contribution in [1.29, 1.82) is 0 Å². The molecule has 0 saturated carbocycles. The maximum absolute atomic E-state index is 11.1. The van der Waals surface area contributed by atoms with Crippen LogP contribution >= 0.6 is 0 Å². The summed E-state index contributed by atoms with van der Waals surface area (Å²) in [5.74, 6) is -0.342. The number of para-hydroxylation sites is 1. The van der Waals surface area contributed by atoms with Gasteiger partial charge >= 0.3 is 5.97 Å². The van der Waals surface area contributed by atoms with E-state index < -0.39 is 17.0 Å². The number of hydrogen-bond acceptors (Lipinski definition) is 4. The van der Waals surface area contributed by atoms with E-state index in [-0.39, 0.29) is 0 Å². The predicted molar refractivity (Wildman–Crippen MR) is 115 cm³/mol. The van der Waals surface area contributed by atoms with Gasteiger partial charge in [-0.15, -0.1) is 0 Å². The third kappa shape index (κ3) is 9.33. The minimum absolute atomic E-state index is 0.406. The molecule has 164 valence electrons. The summed E-state index contributed by atoms with van der Waals surface area (Å²) in [5.41, 5.74) is 0.874. The van der Waals surface area contributed by atoms with Crippen LogP contribution in [0.15, 0.2) is 18.2 Å². The number of phenolic OH excluding ortho intramolecular Hbond substituents is 1. The molecular weight excluding hydrogens is 368 g/mol. The number of hydrogen-bond donors (Lipinski definition) is 2. The molecule has 1 rings (SSSR count). The molecule has 0 aliphatic rings. The number of unbranched alkanes of at least 4 members (excludes halogenated alkanes) is 4. The van der Waals surface area contributed by atoms with Crippen LogP contribution in [-0.4, -0.2) is 28.3 Å². The van der Waals surface area contributed by atoms with Crippen molar-refractivity contribution in [2.24, 2.45) is 5.41 Å². The lowest BCUT2D eigenvalue weighted by Gasteiger charge is -2.22. The number of carbonyl (C=O) groups is 2. The van der Waals surface area contributed by atoms with Crippen molar-refractivity contribution in [2.75, 3.05) is 0 Å². The van der Waals surface area contributed by atoms with Gasteiger partial charge in [0, 0.05) is 0 Å². The number of benzene rings is 1. The Morgan fingerprint density at radius 1 is 0.931 bits per heavy atom. The standard InChI is InChI=1S/C24H38O5/c1-23(2,22(27)28)16-9-5-7-12-19-14-11-15-20(21(19)26)13-8-6-10-17-24(3,4)29-18-25/h11,14-15,18,26H,5-10,12-13,16-17H2,1-4H3,(H,27,28). The second kappa shape index (κ2) is 11.8. The Hall–Kier alpha value is -2.04. The van der Waals surface area contributed by atoms with Crippen LogP contribution in [0.2, 0.25) is 0 Å². The van der Waals surface area contributed by atoms with E-state index in [9.17, 15) is 14.7 Å². The summed E-state index contributed by atoms with van der Waals surface area (Å²) in [4.78, 5) is 21.6. The number of rotatable bonds is 15. The smallest absolute Gasteiger partial charge is 0.309 e. The number of ether oxygens (including phenoxy) is 1. The molecule has 5 nitrogen and oxygen atoms in total. The van der Waals surface area contributed by atoms with E-state index in [1.165, 1.54) is 0 Å². The molecule has 29 heavy (non-hydrogen) atoms. The lowest BCUT2D eigenvalue weighted by Crippen LogP contribution is -2.23. The van der Waals surface area contributed by atoms with Crippen molar-refractivity contribution in [2.45, 2.75) is 97.5 Å². The number of phenols is 1. The fourth-order valence-electron chi connectivity index (χ4n) is 3.45. The van der Waals surface area contributed by atoms with Gasteiger partial charge in [-0.3, -0.25) is 9.59 Å². The largest absolute Gasteiger partial charge is 0.507 e. The minimum Gasteiger partial charge on any atom is -0.507 e. The molecule has 0 fully saturated rings. The molecule has 5 heteroatoms. The maximum atomic E-state index is 11.1. The molecule has 0 saturated heterocycles. The molecule has 0 aliphatic carbocycles. The minimum atomic E-state index is -0.748. The number of carboxylic acid groups (broad SMARTS) is 1. The van der Waals surface area contributed by atoms with Gasteiger partial charge in [0.1, 0.15) is 11.4 Å². The molecular formula is C24H38O5. The molecule has 0 radical (unpaired) electrons. The Morgan fingerprint density at radius 3 is 1.93 bits per heavy atom. The Bertz CT molecular complexity index is 649. The maximum Gasteiger partial charge on any atom is 0.309 e. The first kappa shape index (κ1) is 25.0. The molecule has 0 spiro atoms. The number of carbonyl (C=O) groups excluding carboxylic acids is 1. The summed E-state index contributed by atoms with van der Waals surface area (Å²) in [5, 5.41) is 19.7. The van der Waals surface area contributed by atoms with Crippen LogP contribution in [0.1, 0.15) is 90.2 Å². The van der Waals surface area contributed by atoms with E-state index in [1.807, 2.05) is 32.0 Å². The fraction of sp³-hybridized carbons (Fsp3) is 0.667. The van der Waals surface area contributed by atoms with Gasteiger partial charge in [0.05, 0.1) is 5.41 Å². The van der Waals surface area contributed by atoms with Crippen molar-refractivity contribution in [3.63, 3.8) is 0 Å². The first-order valence-electron chi connectivity index (χ1n) is 10.7. The van der Waals surface area contributed by atoms with Crippen molar-refractivity contribution in [1.82, 2.24) is 0 Å². The van der Waals surface area contributed by atoms with E-state index in [1.54, 1.807) is 13.8 Å². The van der Waals surface area contributed by atoms with Gasteiger partial charge < -0.3 is 14.9 Å². The van der Waals surface area contributed by atoms with Crippen LogP contribution in [0.3, 0.4) is 0 Å². The third-order valence-electron chi connectivity index (χ3n) is 5.62. The summed E-state index contributed by atoms with van der Waals surface area (Å²) >= 11 is 0. The third-order valence-corrected chi connectivity index (χ3v) is 5.62. The van der Waals surface area contributed by atoms with Crippen molar-refractivity contribution >= 4 is 12.4 Å². The van der Waals surface area contributed by atoms with Gasteiger partial charge in [-0.2, -0.15) is 0 Å². The second-order valence-corrected chi connectivity index (χ2v) is 9.21. The highest BCUT2D eigenvalue weighted by molar-refractivity contribution is 5.73. The Balaban J connectivity index is 2.37. The van der Waals surface area contributed by atoms with Crippen LogP contribution in [0, 0.1) is 5.41 Å². The number of aryl methyl sites for hydroxylation is 2. The van der Waals surface area contributed by atoms with E-state index in [0.717, 1.165) is 68.9 Å². The van der Waals surface area contributed by atoms with E-state index in [0.29, 0.717) is 18.6 Å². The van der Waals surface area contributed by atoms with Gasteiger partial charge in [0.2, 0.25) is 0 Å². The van der Waals surface area contributed by atoms with Crippen molar-refractivity contribution in [3.05, 3.63) is 29.3 Å². The molecule has 0 atom stereocenters. The van der Waals surface area contributed by atoms with Gasteiger partial charge in [-0.25, -0.2) is 0 Å². The topological polar surface area (TPSA) is 83.8 Å². The predicted octanol–water partition coefficient (Wildman–Crippen LogP) is 5.66. The monoisotopic (exact) mass is 406 g/mol. The zero-order valence-corrected chi connectivity index (χ0v) is 18.5. The van der Waals surface area contributed by atoms with E-state index >= 15 is 0 Å². The van der Waals surface area contributed by atoms with Gasteiger partial charge in [0.25, 0.3) is 6.47 Å². The van der Waals surface area contributed by atoms with Crippen LogP contribution in [-0.2, 0) is 27.2 Å². The molecule has 0 heterocycles. The molecule has 0 unspecified atom stereocenters. The first-order chi connectivity index (χ1) is 13.6.